The lowest BCUT2D eigenvalue weighted by Gasteiger charge is -2.28. The molecule has 2 aliphatic rings. The molecular weight excluding hydrogens is 298 g/mol. The van der Waals surface area contributed by atoms with Gasteiger partial charge >= 0.3 is 0 Å². The minimum atomic E-state index is -2.96. The summed E-state index contributed by atoms with van der Waals surface area (Å²) in [4.78, 5) is 14.9. The number of allylic oxidation sites excluding steroid dienone is 2. The second-order valence-electron chi connectivity index (χ2n) is 7.66. The van der Waals surface area contributed by atoms with Crippen molar-refractivity contribution in [1.82, 2.24) is 4.90 Å². The Labute approximate surface area is 134 Å². The van der Waals surface area contributed by atoms with Crippen molar-refractivity contribution in [2.75, 3.05) is 18.1 Å². The van der Waals surface area contributed by atoms with Gasteiger partial charge in [-0.25, -0.2) is 8.42 Å². The van der Waals surface area contributed by atoms with E-state index in [9.17, 15) is 13.2 Å². The van der Waals surface area contributed by atoms with Gasteiger partial charge in [0, 0.05) is 12.6 Å². The van der Waals surface area contributed by atoms with Gasteiger partial charge in [0.1, 0.15) is 0 Å². The van der Waals surface area contributed by atoms with Gasteiger partial charge in [-0.1, -0.05) is 32.4 Å². The third-order valence-electron chi connectivity index (χ3n) is 5.09. The van der Waals surface area contributed by atoms with Crippen LogP contribution < -0.4 is 0 Å². The van der Waals surface area contributed by atoms with Crippen LogP contribution in [0.4, 0.5) is 0 Å². The molecule has 22 heavy (non-hydrogen) atoms. The van der Waals surface area contributed by atoms with Crippen molar-refractivity contribution >= 4 is 15.7 Å². The zero-order chi connectivity index (χ0) is 16.7. The fourth-order valence-electron chi connectivity index (χ4n) is 3.73. The first-order valence-electron chi connectivity index (χ1n) is 8.26. The summed E-state index contributed by atoms with van der Waals surface area (Å²) < 4.78 is 23.5. The van der Waals surface area contributed by atoms with Crippen molar-refractivity contribution in [2.24, 2.45) is 17.3 Å². The summed E-state index contributed by atoms with van der Waals surface area (Å²) >= 11 is 0. The Hall–Kier alpha value is -0.840. The van der Waals surface area contributed by atoms with E-state index in [0.717, 1.165) is 6.42 Å². The van der Waals surface area contributed by atoms with E-state index in [2.05, 4.69) is 33.8 Å². The van der Waals surface area contributed by atoms with Crippen molar-refractivity contribution in [3.63, 3.8) is 0 Å². The number of sulfone groups is 1. The Balaban J connectivity index is 2.16. The van der Waals surface area contributed by atoms with Gasteiger partial charge in [-0.3, -0.25) is 4.79 Å². The second-order valence-corrected chi connectivity index (χ2v) is 9.89. The van der Waals surface area contributed by atoms with Crippen LogP contribution in [0.5, 0.6) is 0 Å². The quantitative estimate of drug-likeness (QED) is 0.730. The summed E-state index contributed by atoms with van der Waals surface area (Å²) in [6.45, 7) is 11.1. The summed E-state index contributed by atoms with van der Waals surface area (Å²) in [7, 11) is -2.96. The van der Waals surface area contributed by atoms with Crippen molar-refractivity contribution in [2.45, 2.75) is 53.5 Å². The average Bonchev–Trinajstić information content (AvgIpc) is 2.73. The van der Waals surface area contributed by atoms with Gasteiger partial charge in [-0.15, -0.1) is 0 Å². The molecule has 2 rings (SSSR count). The molecular formula is C17H29NO3S. The molecule has 0 spiro atoms. The summed E-state index contributed by atoms with van der Waals surface area (Å²) in [6, 6.07) is -0.124. The maximum atomic E-state index is 13.0. The molecule has 2 fully saturated rings. The van der Waals surface area contributed by atoms with E-state index in [1.54, 1.807) is 0 Å². The van der Waals surface area contributed by atoms with Crippen molar-refractivity contribution in [3.8, 4) is 0 Å². The molecule has 0 aromatic carbocycles. The highest BCUT2D eigenvalue weighted by atomic mass is 32.2. The standard InChI is InChI=1S/C17H29NO3S/c1-6-8-18(13-7-9-22(20,21)11-13)16(19)15-14(10-12(2)3)17(15,4)5/h10,13-15H,6-9,11H2,1-5H3/t13-,14+,15+/m1/s1. The Kier molecular flexibility index (Phi) is 4.77. The number of hydrogen-bond donors (Lipinski definition) is 0. The van der Waals surface area contributed by atoms with Gasteiger partial charge in [0.2, 0.25) is 5.91 Å². The minimum absolute atomic E-state index is 0.00254. The molecule has 0 unspecified atom stereocenters. The van der Waals surface area contributed by atoms with Gasteiger partial charge in [0.15, 0.2) is 9.84 Å². The van der Waals surface area contributed by atoms with Gasteiger partial charge in [0.25, 0.3) is 0 Å². The van der Waals surface area contributed by atoms with Crippen molar-refractivity contribution in [3.05, 3.63) is 11.6 Å². The topological polar surface area (TPSA) is 54.5 Å². The van der Waals surface area contributed by atoms with E-state index >= 15 is 0 Å². The molecule has 4 nitrogen and oxygen atoms in total. The molecule has 126 valence electrons. The minimum Gasteiger partial charge on any atom is -0.338 e. The number of rotatable bonds is 5. The van der Waals surface area contributed by atoms with Crippen LogP contribution in [0.2, 0.25) is 0 Å². The summed E-state index contributed by atoms with van der Waals surface area (Å²) in [5.74, 6) is 0.784. The predicted octanol–water partition coefficient (Wildman–Crippen LogP) is 2.65. The summed E-state index contributed by atoms with van der Waals surface area (Å²) in [6.07, 6.45) is 3.65. The van der Waals surface area contributed by atoms with Crippen LogP contribution in [0.3, 0.4) is 0 Å². The molecule has 1 heterocycles. The Morgan fingerprint density at radius 2 is 1.95 bits per heavy atom. The Morgan fingerprint density at radius 1 is 1.32 bits per heavy atom. The molecule has 3 atom stereocenters. The molecule has 0 aromatic rings. The molecule has 1 aliphatic heterocycles. The molecule has 1 saturated carbocycles. The zero-order valence-corrected chi connectivity index (χ0v) is 15.2. The molecule has 1 aliphatic carbocycles. The van der Waals surface area contributed by atoms with E-state index in [0.29, 0.717) is 13.0 Å². The molecule has 0 aromatic heterocycles. The maximum absolute atomic E-state index is 13.0. The molecule has 0 radical (unpaired) electrons. The number of hydrogen-bond acceptors (Lipinski definition) is 3. The second kappa shape index (κ2) is 5.99. The lowest BCUT2D eigenvalue weighted by molar-refractivity contribution is -0.135. The smallest absolute Gasteiger partial charge is 0.227 e. The van der Waals surface area contributed by atoms with Crippen LogP contribution in [0.15, 0.2) is 11.6 Å². The normalized spacial score (nSPS) is 31.6. The third kappa shape index (κ3) is 3.39. The van der Waals surface area contributed by atoms with Crippen LogP contribution in [0.1, 0.15) is 47.5 Å². The van der Waals surface area contributed by atoms with E-state index in [1.165, 1.54) is 5.57 Å². The van der Waals surface area contributed by atoms with Crippen LogP contribution >= 0.6 is 0 Å². The molecule has 1 amide bonds. The van der Waals surface area contributed by atoms with Crippen LogP contribution in [0.25, 0.3) is 0 Å². The highest BCUT2D eigenvalue weighted by Gasteiger charge is 2.61. The van der Waals surface area contributed by atoms with E-state index in [-0.39, 0.29) is 40.7 Å². The summed E-state index contributed by atoms with van der Waals surface area (Å²) in [5, 5.41) is 0. The molecule has 5 heteroatoms. The largest absolute Gasteiger partial charge is 0.338 e. The third-order valence-corrected chi connectivity index (χ3v) is 6.84. The van der Waals surface area contributed by atoms with Crippen molar-refractivity contribution < 1.29 is 13.2 Å². The first-order chi connectivity index (χ1) is 10.1. The molecule has 1 saturated heterocycles. The number of nitrogens with zero attached hydrogens (tertiary/aromatic N) is 1. The Bertz CT molecular complexity index is 573. The van der Waals surface area contributed by atoms with E-state index in [4.69, 9.17) is 0 Å². The first kappa shape index (κ1) is 17.5. The van der Waals surface area contributed by atoms with Crippen LogP contribution in [-0.2, 0) is 14.6 Å². The van der Waals surface area contributed by atoms with Crippen LogP contribution in [0, 0.1) is 17.3 Å². The SMILES string of the molecule is CCCN(C(=O)[C@@H]1[C@H](C=C(C)C)C1(C)C)[C@@H]1CCS(=O)(=O)C1. The van der Waals surface area contributed by atoms with Gasteiger partial charge < -0.3 is 4.90 Å². The molecule has 0 bridgehead atoms. The fourth-order valence-corrected chi connectivity index (χ4v) is 5.46. The highest BCUT2D eigenvalue weighted by molar-refractivity contribution is 7.91. The zero-order valence-electron chi connectivity index (χ0n) is 14.4. The number of carbonyl (C=O) groups excluding carboxylic acids is 1. The first-order valence-corrected chi connectivity index (χ1v) is 10.1. The van der Waals surface area contributed by atoms with Gasteiger partial charge in [-0.2, -0.15) is 0 Å². The Morgan fingerprint density at radius 3 is 2.41 bits per heavy atom. The number of amides is 1. The molecule has 0 N–H and O–H groups in total. The lowest BCUT2D eigenvalue weighted by Crippen LogP contribution is -2.43. The lowest BCUT2D eigenvalue weighted by atomic mass is 10.1. The van der Waals surface area contributed by atoms with E-state index in [1.807, 2.05) is 11.8 Å². The van der Waals surface area contributed by atoms with E-state index < -0.39 is 9.84 Å². The highest BCUT2D eigenvalue weighted by Crippen LogP contribution is 2.60. The number of carbonyl (C=O) groups is 1. The van der Waals surface area contributed by atoms with Crippen LogP contribution in [-0.4, -0.2) is 43.3 Å². The average molecular weight is 327 g/mol. The summed E-state index contributed by atoms with van der Waals surface area (Å²) in [5.41, 5.74) is 1.22. The van der Waals surface area contributed by atoms with Crippen molar-refractivity contribution in [1.29, 1.82) is 0 Å². The maximum Gasteiger partial charge on any atom is 0.227 e. The van der Waals surface area contributed by atoms with Gasteiger partial charge in [0.05, 0.1) is 17.4 Å². The predicted molar refractivity (Wildman–Crippen MR) is 89.3 cm³/mol. The fraction of sp³-hybridized carbons (Fsp3) is 0.824. The van der Waals surface area contributed by atoms with Gasteiger partial charge in [-0.05, 0) is 38.0 Å². The monoisotopic (exact) mass is 327 g/mol.